The number of halogens is 3. The van der Waals surface area contributed by atoms with Crippen LogP contribution < -0.4 is 9.47 Å². The summed E-state index contributed by atoms with van der Waals surface area (Å²) in [6.07, 6.45) is 5.66. The first-order chi connectivity index (χ1) is 18.4. The van der Waals surface area contributed by atoms with E-state index in [4.69, 9.17) is 14.2 Å². The molecule has 4 nitrogen and oxygen atoms in total. The maximum Gasteiger partial charge on any atom is 0.343 e. The molecule has 0 spiro atoms. The van der Waals surface area contributed by atoms with Gasteiger partial charge in [0.1, 0.15) is 5.75 Å². The maximum absolute atomic E-state index is 15.1. The zero-order valence-electron chi connectivity index (χ0n) is 21.4. The largest absolute Gasteiger partial charge is 0.493 e. The third-order valence-electron chi connectivity index (χ3n) is 6.76. The molecule has 4 rings (SSSR count). The first-order valence-corrected chi connectivity index (χ1v) is 12.9. The molecule has 0 radical (unpaired) electrons. The maximum atomic E-state index is 15.1. The smallest absolute Gasteiger partial charge is 0.343 e. The Morgan fingerprint density at radius 3 is 2.37 bits per heavy atom. The van der Waals surface area contributed by atoms with Crippen molar-refractivity contribution in [1.82, 2.24) is 0 Å². The van der Waals surface area contributed by atoms with Crippen molar-refractivity contribution in [2.24, 2.45) is 0 Å². The quantitative estimate of drug-likeness (QED) is 0.117. The van der Waals surface area contributed by atoms with Crippen LogP contribution in [0, 0.1) is 17.5 Å². The molecule has 0 N–H and O–H groups in total. The van der Waals surface area contributed by atoms with Crippen molar-refractivity contribution in [1.29, 1.82) is 0 Å². The van der Waals surface area contributed by atoms with E-state index in [2.05, 4.69) is 6.58 Å². The van der Waals surface area contributed by atoms with Crippen LogP contribution in [-0.2, 0) is 4.74 Å². The fourth-order valence-corrected chi connectivity index (χ4v) is 4.74. The van der Waals surface area contributed by atoms with E-state index < -0.39 is 23.4 Å². The number of ether oxygens (including phenoxy) is 3. The number of hydrogen-bond donors (Lipinski definition) is 0. The highest BCUT2D eigenvalue weighted by Crippen LogP contribution is 2.38. The average molecular weight is 525 g/mol. The van der Waals surface area contributed by atoms with E-state index in [0.29, 0.717) is 36.5 Å². The molecule has 200 valence electrons. The Hall–Kier alpha value is -3.58. The fourth-order valence-electron chi connectivity index (χ4n) is 4.74. The number of hydrogen-bond acceptors (Lipinski definition) is 4. The lowest BCUT2D eigenvalue weighted by Gasteiger charge is -2.29. The van der Waals surface area contributed by atoms with Crippen LogP contribution in [0.15, 0.2) is 67.3 Å². The first kappa shape index (κ1) is 27.5. The summed E-state index contributed by atoms with van der Waals surface area (Å²) in [5, 5.41) is 0. The van der Waals surface area contributed by atoms with E-state index in [0.717, 1.165) is 31.7 Å². The molecule has 0 heterocycles. The van der Waals surface area contributed by atoms with Crippen molar-refractivity contribution >= 4 is 5.97 Å². The molecule has 7 heteroatoms. The molecule has 0 saturated heterocycles. The van der Waals surface area contributed by atoms with Gasteiger partial charge in [0.2, 0.25) is 0 Å². The van der Waals surface area contributed by atoms with E-state index in [1.54, 1.807) is 18.2 Å². The van der Waals surface area contributed by atoms with Crippen molar-refractivity contribution in [3.63, 3.8) is 0 Å². The molecule has 1 aliphatic rings. The number of rotatable bonds is 10. The molecule has 38 heavy (non-hydrogen) atoms. The highest BCUT2D eigenvalue weighted by atomic mass is 19.2. The summed E-state index contributed by atoms with van der Waals surface area (Å²) in [6, 6.07) is 13.1. The molecule has 0 aliphatic heterocycles. The molecule has 0 atom stereocenters. The van der Waals surface area contributed by atoms with Gasteiger partial charge in [-0.2, -0.15) is 0 Å². The Labute approximate surface area is 221 Å². The molecular weight excluding hydrogens is 493 g/mol. The highest BCUT2D eigenvalue weighted by Gasteiger charge is 2.27. The third kappa shape index (κ3) is 6.45. The Balaban J connectivity index is 1.42. The van der Waals surface area contributed by atoms with Gasteiger partial charge in [-0.3, -0.25) is 0 Å². The van der Waals surface area contributed by atoms with Gasteiger partial charge in [-0.05, 0) is 80.3 Å². The molecule has 1 aliphatic carbocycles. The van der Waals surface area contributed by atoms with Crippen LogP contribution in [0.3, 0.4) is 0 Å². The Bertz CT molecular complexity index is 1260. The summed E-state index contributed by atoms with van der Waals surface area (Å²) in [4.78, 5) is 12.5. The van der Waals surface area contributed by atoms with Crippen molar-refractivity contribution in [2.75, 3.05) is 13.2 Å². The van der Waals surface area contributed by atoms with Crippen molar-refractivity contribution < 1.29 is 32.2 Å². The molecule has 1 fully saturated rings. The van der Waals surface area contributed by atoms with Crippen LogP contribution in [0.25, 0.3) is 11.1 Å². The minimum atomic E-state index is -0.915. The standard InChI is InChI=1S/C31H31F3O4/c1-3-5-18-37-24-14-17-28(27(32)19-24)38-31(35)22-8-6-20(7-9-22)25-15-16-26(30(34)29(25)33)21-10-12-23(13-11-21)36-4-2/h3,6-9,14-17,19,21,23H,1,4-5,10-13,18H2,2H3. The minimum absolute atomic E-state index is 0.0411. The van der Waals surface area contributed by atoms with Crippen molar-refractivity contribution in [2.45, 2.75) is 51.0 Å². The van der Waals surface area contributed by atoms with Crippen LogP contribution >= 0.6 is 0 Å². The Morgan fingerprint density at radius 2 is 1.71 bits per heavy atom. The highest BCUT2D eigenvalue weighted by molar-refractivity contribution is 5.91. The van der Waals surface area contributed by atoms with E-state index >= 15 is 8.78 Å². The van der Waals surface area contributed by atoms with Crippen molar-refractivity contribution in [3.05, 3.63) is 95.8 Å². The predicted octanol–water partition coefficient (Wildman–Crippen LogP) is 8.01. The van der Waals surface area contributed by atoms with Crippen LogP contribution in [0.4, 0.5) is 13.2 Å². The minimum Gasteiger partial charge on any atom is -0.493 e. The second kappa shape index (κ2) is 12.8. The van der Waals surface area contributed by atoms with E-state index in [-0.39, 0.29) is 28.9 Å². The van der Waals surface area contributed by atoms with Crippen LogP contribution in [-0.4, -0.2) is 25.3 Å². The summed E-state index contributed by atoms with van der Waals surface area (Å²) in [6.45, 7) is 6.56. The lowest BCUT2D eigenvalue weighted by atomic mass is 9.82. The van der Waals surface area contributed by atoms with Gasteiger partial charge in [0, 0.05) is 18.2 Å². The average Bonchev–Trinajstić information content (AvgIpc) is 2.93. The predicted molar refractivity (Wildman–Crippen MR) is 140 cm³/mol. The van der Waals surface area contributed by atoms with E-state index in [9.17, 15) is 9.18 Å². The van der Waals surface area contributed by atoms with Crippen LogP contribution in [0.1, 0.15) is 60.9 Å². The summed E-state index contributed by atoms with van der Waals surface area (Å²) < 4.78 is 60.7. The van der Waals surface area contributed by atoms with Gasteiger partial charge < -0.3 is 14.2 Å². The first-order valence-electron chi connectivity index (χ1n) is 12.9. The summed E-state index contributed by atoms with van der Waals surface area (Å²) in [5.41, 5.74) is 1.05. The van der Waals surface area contributed by atoms with Gasteiger partial charge in [-0.1, -0.05) is 30.3 Å². The molecular formula is C31H31F3O4. The molecule has 0 bridgehead atoms. The molecule has 3 aromatic carbocycles. The number of carbonyl (C=O) groups excluding carboxylic acids is 1. The zero-order chi connectivity index (χ0) is 27.1. The number of carbonyl (C=O) groups is 1. The topological polar surface area (TPSA) is 44.8 Å². The van der Waals surface area contributed by atoms with Gasteiger partial charge >= 0.3 is 5.97 Å². The lowest BCUT2D eigenvalue weighted by Crippen LogP contribution is -2.21. The van der Waals surface area contributed by atoms with Gasteiger partial charge in [0.25, 0.3) is 0 Å². The summed E-state index contributed by atoms with van der Waals surface area (Å²) >= 11 is 0. The SMILES string of the molecule is C=CCCOc1ccc(OC(=O)c2ccc(-c3ccc(C4CCC(OCC)CC4)c(F)c3F)cc2)c(F)c1. The Morgan fingerprint density at radius 1 is 0.974 bits per heavy atom. The lowest BCUT2D eigenvalue weighted by molar-refractivity contribution is 0.0325. The fraction of sp³-hybridized carbons (Fsp3) is 0.323. The number of benzene rings is 3. The summed E-state index contributed by atoms with van der Waals surface area (Å²) in [5.74, 6) is -3.24. The van der Waals surface area contributed by atoms with Crippen molar-refractivity contribution in [3.8, 4) is 22.6 Å². The van der Waals surface area contributed by atoms with Crippen LogP contribution in [0.2, 0.25) is 0 Å². The van der Waals surface area contributed by atoms with Gasteiger partial charge in [0.15, 0.2) is 23.2 Å². The Kier molecular flexibility index (Phi) is 9.24. The number of esters is 1. The van der Waals surface area contributed by atoms with Crippen LogP contribution in [0.5, 0.6) is 11.5 Å². The van der Waals surface area contributed by atoms with Gasteiger partial charge in [-0.25, -0.2) is 18.0 Å². The molecule has 0 amide bonds. The van der Waals surface area contributed by atoms with Gasteiger partial charge in [-0.15, -0.1) is 6.58 Å². The molecule has 1 saturated carbocycles. The summed E-state index contributed by atoms with van der Waals surface area (Å²) in [7, 11) is 0. The normalized spacial score (nSPS) is 17.2. The van der Waals surface area contributed by atoms with E-state index in [1.165, 1.54) is 36.4 Å². The zero-order valence-corrected chi connectivity index (χ0v) is 21.4. The van der Waals surface area contributed by atoms with E-state index in [1.807, 2.05) is 6.92 Å². The molecule has 0 unspecified atom stereocenters. The second-order valence-electron chi connectivity index (χ2n) is 9.24. The molecule has 3 aromatic rings. The monoisotopic (exact) mass is 524 g/mol. The third-order valence-corrected chi connectivity index (χ3v) is 6.76. The second-order valence-corrected chi connectivity index (χ2v) is 9.24. The molecule has 0 aromatic heterocycles. The van der Waals surface area contributed by atoms with Gasteiger partial charge in [0.05, 0.1) is 18.3 Å².